The van der Waals surface area contributed by atoms with Crippen LogP contribution in [-0.4, -0.2) is 31.1 Å². The number of aliphatic imine (C=N–C) groups is 1. The lowest BCUT2D eigenvalue weighted by Gasteiger charge is -2.18. The maximum atomic E-state index is 5.47. The Labute approximate surface area is 160 Å². The molecule has 1 heterocycles. The van der Waals surface area contributed by atoms with E-state index in [-0.39, 0.29) is 0 Å². The predicted molar refractivity (Wildman–Crippen MR) is 110 cm³/mol. The van der Waals surface area contributed by atoms with E-state index in [1.165, 1.54) is 5.56 Å². The van der Waals surface area contributed by atoms with Crippen LogP contribution in [0.1, 0.15) is 55.8 Å². The maximum absolute atomic E-state index is 5.47. The van der Waals surface area contributed by atoms with E-state index < -0.39 is 0 Å². The Morgan fingerprint density at radius 3 is 2.65 bits per heavy atom. The van der Waals surface area contributed by atoms with Crippen molar-refractivity contribution in [3.63, 3.8) is 0 Å². The summed E-state index contributed by atoms with van der Waals surface area (Å²) in [7, 11) is 1.71. The highest BCUT2D eigenvalue weighted by Gasteiger charge is 2.12. The van der Waals surface area contributed by atoms with Gasteiger partial charge >= 0.3 is 0 Å². The first-order valence-corrected chi connectivity index (χ1v) is 10.0. The monoisotopic (exact) mass is 374 g/mol. The summed E-state index contributed by atoms with van der Waals surface area (Å²) in [5.74, 6) is 2.50. The van der Waals surface area contributed by atoms with E-state index in [1.807, 2.05) is 18.2 Å². The molecule has 1 aromatic carbocycles. The molecule has 0 spiro atoms. The van der Waals surface area contributed by atoms with Gasteiger partial charge in [-0.2, -0.15) is 0 Å². The van der Waals surface area contributed by atoms with Gasteiger partial charge in [-0.15, -0.1) is 11.3 Å². The van der Waals surface area contributed by atoms with E-state index in [2.05, 4.69) is 59.8 Å². The van der Waals surface area contributed by atoms with E-state index in [4.69, 9.17) is 4.74 Å². The molecule has 0 amide bonds. The standard InChI is InChI=1S/C20H30N4OS/c1-6-21-20(23-12-19-24-17(13-26-19)14(2)3)22-11-15(4)16-9-7-8-10-18(16)25-5/h7-10,13-15H,6,11-12H2,1-5H3,(H2,21,22,23). The summed E-state index contributed by atoms with van der Waals surface area (Å²) < 4.78 is 5.47. The van der Waals surface area contributed by atoms with Crippen molar-refractivity contribution in [1.82, 2.24) is 15.6 Å². The van der Waals surface area contributed by atoms with Crippen LogP contribution in [0.4, 0.5) is 0 Å². The molecule has 0 aliphatic heterocycles. The molecule has 142 valence electrons. The Balaban J connectivity index is 1.98. The normalized spacial score (nSPS) is 12.9. The van der Waals surface area contributed by atoms with Crippen molar-refractivity contribution >= 4 is 17.3 Å². The largest absolute Gasteiger partial charge is 0.496 e. The van der Waals surface area contributed by atoms with Gasteiger partial charge in [0.25, 0.3) is 0 Å². The molecule has 2 rings (SSSR count). The van der Waals surface area contributed by atoms with E-state index in [0.29, 0.717) is 18.4 Å². The maximum Gasteiger partial charge on any atom is 0.191 e. The zero-order valence-corrected chi connectivity index (χ0v) is 17.2. The minimum atomic E-state index is 0.308. The SMILES string of the molecule is CCNC(=NCc1nc(C(C)C)cs1)NCC(C)c1ccccc1OC. The zero-order chi connectivity index (χ0) is 18.9. The van der Waals surface area contributed by atoms with Crippen molar-refractivity contribution < 1.29 is 4.74 Å². The number of methoxy groups -OCH3 is 1. The third-order valence-electron chi connectivity index (χ3n) is 4.12. The molecule has 0 radical (unpaired) electrons. The number of ether oxygens (including phenoxy) is 1. The van der Waals surface area contributed by atoms with Crippen LogP contribution in [0, 0.1) is 0 Å². The van der Waals surface area contributed by atoms with E-state index in [0.717, 1.165) is 35.5 Å². The number of aromatic nitrogens is 1. The molecule has 0 aliphatic rings. The Hall–Kier alpha value is -2.08. The van der Waals surface area contributed by atoms with Gasteiger partial charge in [-0.25, -0.2) is 9.98 Å². The number of guanidine groups is 1. The summed E-state index contributed by atoms with van der Waals surface area (Å²) in [6.45, 7) is 10.8. The summed E-state index contributed by atoms with van der Waals surface area (Å²) >= 11 is 1.67. The second-order valence-corrected chi connectivity index (χ2v) is 7.48. The third kappa shape index (κ3) is 5.73. The molecule has 5 nitrogen and oxygen atoms in total. The summed E-state index contributed by atoms with van der Waals surface area (Å²) in [4.78, 5) is 9.32. The minimum Gasteiger partial charge on any atom is -0.496 e. The number of rotatable bonds is 8. The smallest absolute Gasteiger partial charge is 0.191 e. The number of thiazole rings is 1. The van der Waals surface area contributed by atoms with Crippen LogP contribution >= 0.6 is 11.3 Å². The van der Waals surface area contributed by atoms with Crippen molar-refractivity contribution in [2.75, 3.05) is 20.2 Å². The topological polar surface area (TPSA) is 58.5 Å². The molecular formula is C20H30N4OS. The Kier molecular flexibility index (Phi) is 7.91. The third-order valence-corrected chi connectivity index (χ3v) is 4.98. The lowest BCUT2D eigenvalue weighted by atomic mass is 10.0. The Morgan fingerprint density at radius 1 is 1.23 bits per heavy atom. The van der Waals surface area contributed by atoms with Crippen LogP contribution in [0.3, 0.4) is 0 Å². The first-order chi connectivity index (χ1) is 12.5. The molecule has 1 aromatic heterocycles. The molecule has 1 atom stereocenters. The first-order valence-electron chi connectivity index (χ1n) is 9.14. The molecule has 26 heavy (non-hydrogen) atoms. The van der Waals surface area contributed by atoms with E-state index >= 15 is 0 Å². The highest BCUT2D eigenvalue weighted by Crippen LogP contribution is 2.25. The van der Waals surface area contributed by atoms with Gasteiger partial charge in [0.2, 0.25) is 0 Å². The lowest BCUT2D eigenvalue weighted by Crippen LogP contribution is -2.39. The van der Waals surface area contributed by atoms with Gasteiger partial charge in [-0.05, 0) is 24.5 Å². The Morgan fingerprint density at radius 2 is 2.00 bits per heavy atom. The number of nitrogens with one attached hydrogen (secondary N) is 2. The fourth-order valence-corrected chi connectivity index (χ4v) is 3.46. The molecule has 6 heteroatoms. The fourth-order valence-electron chi connectivity index (χ4n) is 2.58. The van der Waals surface area contributed by atoms with E-state index in [1.54, 1.807) is 18.4 Å². The van der Waals surface area contributed by atoms with Crippen molar-refractivity contribution in [3.05, 3.63) is 45.9 Å². The molecule has 0 saturated carbocycles. The second-order valence-electron chi connectivity index (χ2n) is 6.54. The number of para-hydroxylation sites is 1. The number of hydrogen-bond donors (Lipinski definition) is 2. The van der Waals surface area contributed by atoms with Crippen LogP contribution in [0.25, 0.3) is 0 Å². The lowest BCUT2D eigenvalue weighted by molar-refractivity contribution is 0.406. The minimum absolute atomic E-state index is 0.308. The quantitative estimate of drug-likeness (QED) is 0.539. The highest BCUT2D eigenvalue weighted by atomic mass is 32.1. The average molecular weight is 375 g/mol. The van der Waals surface area contributed by atoms with E-state index in [9.17, 15) is 0 Å². The van der Waals surface area contributed by atoms with Crippen molar-refractivity contribution in [2.45, 2.75) is 46.1 Å². The predicted octanol–water partition coefficient (Wildman–Crippen LogP) is 4.13. The molecule has 1 unspecified atom stereocenters. The number of hydrogen-bond acceptors (Lipinski definition) is 4. The van der Waals surface area contributed by atoms with Crippen LogP contribution in [-0.2, 0) is 6.54 Å². The van der Waals surface area contributed by atoms with Gasteiger partial charge in [0, 0.05) is 24.4 Å². The number of benzene rings is 1. The van der Waals surface area contributed by atoms with Gasteiger partial charge in [0.15, 0.2) is 5.96 Å². The van der Waals surface area contributed by atoms with Crippen LogP contribution in [0.15, 0.2) is 34.6 Å². The highest BCUT2D eigenvalue weighted by molar-refractivity contribution is 7.09. The molecule has 0 saturated heterocycles. The van der Waals surface area contributed by atoms with Gasteiger partial charge in [0.05, 0.1) is 19.3 Å². The van der Waals surface area contributed by atoms with Crippen LogP contribution < -0.4 is 15.4 Å². The van der Waals surface area contributed by atoms with Crippen molar-refractivity contribution in [3.8, 4) is 5.75 Å². The summed E-state index contributed by atoms with van der Waals surface area (Å²) in [5, 5.41) is 9.90. The Bertz CT molecular complexity index is 711. The van der Waals surface area contributed by atoms with Gasteiger partial charge in [-0.3, -0.25) is 0 Å². The van der Waals surface area contributed by atoms with Crippen molar-refractivity contribution in [1.29, 1.82) is 0 Å². The molecule has 2 N–H and O–H groups in total. The van der Waals surface area contributed by atoms with Crippen molar-refractivity contribution in [2.24, 2.45) is 4.99 Å². The molecule has 0 bridgehead atoms. The number of nitrogens with zero attached hydrogens (tertiary/aromatic N) is 2. The van der Waals surface area contributed by atoms with Crippen LogP contribution in [0.2, 0.25) is 0 Å². The fraction of sp³-hybridized carbons (Fsp3) is 0.500. The van der Waals surface area contributed by atoms with Gasteiger partial charge < -0.3 is 15.4 Å². The van der Waals surface area contributed by atoms with Gasteiger partial charge in [-0.1, -0.05) is 39.0 Å². The van der Waals surface area contributed by atoms with Gasteiger partial charge in [0.1, 0.15) is 10.8 Å². The second kappa shape index (κ2) is 10.2. The molecular weight excluding hydrogens is 344 g/mol. The summed E-state index contributed by atoms with van der Waals surface area (Å²) in [6, 6.07) is 8.15. The van der Waals surface area contributed by atoms with Crippen LogP contribution in [0.5, 0.6) is 5.75 Å². The first kappa shape index (κ1) is 20.2. The zero-order valence-electron chi connectivity index (χ0n) is 16.4. The molecule has 0 aliphatic carbocycles. The average Bonchev–Trinajstić information content (AvgIpc) is 3.13. The molecule has 2 aromatic rings. The molecule has 0 fully saturated rings. The summed E-state index contributed by atoms with van der Waals surface area (Å²) in [6.07, 6.45) is 0. The summed E-state index contributed by atoms with van der Waals surface area (Å²) in [5.41, 5.74) is 2.34.